The van der Waals surface area contributed by atoms with Gasteiger partial charge in [0.15, 0.2) is 5.96 Å². The van der Waals surface area contributed by atoms with Crippen LogP contribution in [0.3, 0.4) is 0 Å². The fourth-order valence-corrected chi connectivity index (χ4v) is 5.52. The van der Waals surface area contributed by atoms with Crippen molar-refractivity contribution >= 4 is 29.1 Å². The standard InChI is InChI=1S/C19H33N5S2/c1-2-20-18(21-10-5-14-25-19-22-11-15-26-19)23-16-8-12-24(13-9-16)17-6-3-4-7-17/h11,15-17H,2-10,12-14H2,1H3,(H2,20,21,23). The largest absolute Gasteiger partial charge is 0.357 e. The molecule has 5 nitrogen and oxygen atoms in total. The third kappa shape index (κ3) is 6.43. The summed E-state index contributed by atoms with van der Waals surface area (Å²) in [4.78, 5) is 11.8. The maximum absolute atomic E-state index is 4.77. The maximum atomic E-state index is 4.77. The number of hydrogen-bond acceptors (Lipinski definition) is 5. The van der Waals surface area contributed by atoms with E-state index in [-0.39, 0.29) is 0 Å². The minimum Gasteiger partial charge on any atom is -0.357 e. The van der Waals surface area contributed by atoms with E-state index in [0.717, 1.165) is 41.6 Å². The molecule has 3 rings (SSSR count). The second kappa shape index (κ2) is 11.1. The molecule has 0 amide bonds. The molecule has 1 saturated heterocycles. The van der Waals surface area contributed by atoms with E-state index in [1.165, 1.54) is 51.6 Å². The average Bonchev–Trinajstić information content (AvgIpc) is 3.36. The first-order valence-corrected chi connectivity index (χ1v) is 12.0. The minimum atomic E-state index is 0.565. The van der Waals surface area contributed by atoms with E-state index in [9.17, 15) is 0 Å². The van der Waals surface area contributed by atoms with E-state index in [1.807, 2.05) is 23.3 Å². The van der Waals surface area contributed by atoms with Gasteiger partial charge in [0.05, 0.1) is 0 Å². The molecule has 2 aliphatic rings. The van der Waals surface area contributed by atoms with Crippen molar-refractivity contribution in [3.05, 3.63) is 11.6 Å². The predicted molar refractivity (Wildman–Crippen MR) is 113 cm³/mol. The van der Waals surface area contributed by atoms with Crippen molar-refractivity contribution in [1.82, 2.24) is 20.5 Å². The van der Waals surface area contributed by atoms with Gasteiger partial charge >= 0.3 is 0 Å². The van der Waals surface area contributed by atoms with Crippen molar-refractivity contribution in [1.29, 1.82) is 0 Å². The number of guanidine groups is 1. The second-order valence-electron chi connectivity index (χ2n) is 7.15. The highest BCUT2D eigenvalue weighted by molar-refractivity contribution is 8.00. The van der Waals surface area contributed by atoms with Crippen LogP contribution in [0.25, 0.3) is 0 Å². The maximum Gasteiger partial charge on any atom is 0.191 e. The van der Waals surface area contributed by atoms with Gasteiger partial charge in [-0.05, 0) is 39.0 Å². The highest BCUT2D eigenvalue weighted by Crippen LogP contribution is 2.26. The number of nitrogens with zero attached hydrogens (tertiary/aromatic N) is 3. The molecule has 0 unspecified atom stereocenters. The van der Waals surface area contributed by atoms with Crippen LogP contribution in [0.4, 0.5) is 0 Å². The molecule has 0 aromatic carbocycles. The molecule has 2 heterocycles. The Morgan fingerprint density at radius 2 is 2.12 bits per heavy atom. The quantitative estimate of drug-likeness (QED) is 0.305. The molecule has 1 aromatic heterocycles. The average molecular weight is 396 g/mol. The van der Waals surface area contributed by atoms with E-state index < -0.39 is 0 Å². The van der Waals surface area contributed by atoms with Crippen LogP contribution >= 0.6 is 23.1 Å². The van der Waals surface area contributed by atoms with Gasteiger partial charge in [0.25, 0.3) is 0 Å². The smallest absolute Gasteiger partial charge is 0.191 e. The Morgan fingerprint density at radius 1 is 1.31 bits per heavy atom. The lowest BCUT2D eigenvalue weighted by Crippen LogP contribution is -2.50. The molecule has 0 atom stereocenters. The number of rotatable bonds is 8. The Hall–Kier alpha value is -0.790. The van der Waals surface area contributed by atoms with Crippen molar-refractivity contribution in [3.63, 3.8) is 0 Å². The Labute approximate surface area is 166 Å². The molecule has 26 heavy (non-hydrogen) atoms. The van der Waals surface area contributed by atoms with E-state index in [2.05, 4.69) is 27.4 Å². The Morgan fingerprint density at radius 3 is 2.81 bits per heavy atom. The van der Waals surface area contributed by atoms with Crippen LogP contribution in [0.1, 0.15) is 51.9 Å². The zero-order valence-corrected chi connectivity index (χ0v) is 17.6. The zero-order chi connectivity index (χ0) is 18.0. The summed E-state index contributed by atoms with van der Waals surface area (Å²) in [5.41, 5.74) is 0. The van der Waals surface area contributed by atoms with Crippen molar-refractivity contribution in [2.24, 2.45) is 4.99 Å². The fraction of sp³-hybridized carbons (Fsp3) is 0.789. The summed E-state index contributed by atoms with van der Waals surface area (Å²) in [6, 6.07) is 1.43. The molecule has 1 aromatic rings. The summed E-state index contributed by atoms with van der Waals surface area (Å²) in [5, 5.41) is 9.11. The Balaban J connectivity index is 1.35. The van der Waals surface area contributed by atoms with Crippen molar-refractivity contribution in [2.75, 3.05) is 31.9 Å². The molecule has 1 saturated carbocycles. The summed E-state index contributed by atoms with van der Waals surface area (Å²) < 4.78 is 1.16. The summed E-state index contributed by atoms with van der Waals surface area (Å²) >= 11 is 3.55. The predicted octanol–water partition coefficient (Wildman–Crippen LogP) is 3.59. The third-order valence-corrected chi connectivity index (χ3v) is 7.32. The van der Waals surface area contributed by atoms with Crippen LogP contribution in [0.5, 0.6) is 0 Å². The van der Waals surface area contributed by atoms with Gasteiger partial charge in [-0.2, -0.15) is 0 Å². The lowest BCUT2D eigenvalue weighted by atomic mass is 10.0. The molecule has 7 heteroatoms. The van der Waals surface area contributed by atoms with Crippen molar-refractivity contribution in [3.8, 4) is 0 Å². The van der Waals surface area contributed by atoms with Gasteiger partial charge in [-0.15, -0.1) is 11.3 Å². The molecule has 2 N–H and O–H groups in total. The van der Waals surface area contributed by atoms with Crippen LogP contribution in [-0.2, 0) is 0 Å². The van der Waals surface area contributed by atoms with E-state index in [4.69, 9.17) is 4.99 Å². The normalized spacial score (nSPS) is 20.6. The Kier molecular flexibility index (Phi) is 8.55. The summed E-state index contributed by atoms with van der Waals surface area (Å²) in [5.74, 6) is 2.07. The van der Waals surface area contributed by atoms with Gasteiger partial charge in [0.1, 0.15) is 4.34 Å². The molecule has 1 aliphatic carbocycles. The lowest BCUT2D eigenvalue weighted by molar-refractivity contribution is 0.150. The first-order valence-electron chi connectivity index (χ1n) is 10.2. The molecular weight excluding hydrogens is 362 g/mol. The van der Waals surface area contributed by atoms with Crippen LogP contribution in [-0.4, -0.2) is 59.9 Å². The number of aliphatic imine (C=N–C) groups is 1. The van der Waals surface area contributed by atoms with Crippen LogP contribution < -0.4 is 10.6 Å². The van der Waals surface area contributed by atoms with Crippen LogP contribution in [0, 0.1) is 0 Å². The molecule has 0 radical (unpaired) electrons. The van der Waals surface area contributed by atoms with Gasteiger partial charge in [0.2, 0.25) is 0 Å². The monoisotopic (exact) mass is 395 g/mol. The van der Waals surface area contributed by atoms with E-state index in [1.54, 1.807) is 11.3 Å². The van der Waals surface area contributed by atoms with Crippen LogP contribution in [0.2, 0.25) is 0 Å². The first-order chi connectivity index (χ1) is 12.8. The van der Waals surface area contributed by atoms with Gasteiger partial charge in [0, 0.05) is 55.6 Å². The third-order valence-electron chi connectivity index (χ3n) is 5.26. The molecular formula is C19H33N5S2. The van der Waals surface area contributed by atoms with Crippen molar-refractivity contribution in [2.45, 2.75) is 68.3 Å². The second-order valence-corrected chi connectivity index (χ2v) is 9.39. The zero-order valence-electron chi connectivity index (χ0n) is 16.0. The number of nitrogens with one attached hydrogen (secondary N) is 2. The SMILES string of the molecule is CCNC(=NCCCSc1nccs1)NC1CCN(C2CCCC2)CC1. The number of thiazole rings is 1. The fourth-order valence-electron chi connectivity index (χ4n) is 3.89. The molecule has 0 spiro atoms. The minimum absolute atomic E-state index is 0.565. The summed E-state index contributed by atoms with van der Waals surface area (Å²) in [7, 11) is 0. The number of likely N-dealkylation sites (tertiary alicyclic amines) is 1. The molecule has 146 valence electrons. The highest BCUT2D eigenvalue weighted by Gasteiger charge is 2.27. The van der Waals surface area contributed by atoms with Crippen LogP contribution in [0.15, 0.2) is 20.9 Å². The molecule has 1 aliphatic heterocycles. The van der Waals surface area contributed by atoms with Gasteiger partial charge in [-0.1, -0.05) is 24.6 Å². The lowest BCUT2D eigenvalue weighted by Gasteiger charge is -2.36. The number of piperidine rings is 1. The van der Waals surface area contributed by atoms with E-state index in [0.29, 0.717) is 6.04 Å². The molecule has 0 bridgehead atoms. The molecule has 2 fully saturated rings. The summed E-state index contributed by atoms with van der Waals surface area (Å²) in [6.07, 6.45) is 11.1. The number of hydrogen-bond donors (Lipinski definition) is 2. The first kappa shape index (κ1) is 20.0. The Bertz CT molecular complexity index is 520. The topological polar surface area (TPSA) is 52.6 Å². The summed E-state index contributed by atoms with van der Waals surface area (Å²) in [6.45, 7) is 6.41. The highest BCUT2D eigenvalue weighted by atomic mass is 32.2. The number of thioether (sulfide) groups is 1. The van der Waals surface area contributed by atoms with Gasteiger partial charge < -0.3 is 15.5 Å². The number of aromatic nitrogens is 1. The van der Waals surface area contributed by atoms with Crippen molar-refractivity contribution < 1.29 is 0 Å². The van der Waals surface area contributed by atoms with E-state index >= 15 is 0 Å². The van der Waals surface area contributed by atoms with Gasteiger partial charge in [-0.25, -0.2) is 4.98 Å². The van der Waals surface area contributed by atoms with Gasteiger partial charge in [-0.3, -0.25) is 4.99 Å².